The van der Waals surface area contributed by atoms with Gasteiger partial charge in [0.05, 0.1) is 6.07 Å². The monoisotopic (exact) mass is 264 g/mol. The number of nitrogens with zero attached hydrogens (tertiary/aromatic N) is 2. The number of rotatable bonds is 3. The number of hydrogen-bond acceptors (Lipinski definition) is 3. The van der Waals surface area contributed by atoms with Crippen LogP contribution in [-0.2, 0) is 23.0 Å². The fourth-order valence-corrected chi connectivity index (χ4v) is 3.81. The van der Waals surface area contributed by atoms with Gasteiger partial charge in [-0.25, -0.2) is 8.42 Å². The van der Waals surface area contributed by atoms with Crippen LogP contribution in [0.5, 0.6) is 0 Å². The van der Waals surface area contributed by atoms with Gasteiger partial charge < -0.3 is 0 Å². The fourth-order valence-electron chi connectivity index (χ4n) is 2.24. The van der Waals surface area contributed by atoms with Crippen LogP contribution in [0.3, 0.4) is 0 Å². The highest BCUT2D eigenvalue weighted by Crippen LogP contribution is 2.23. The van der Waals surface area contributed by atoms with Crippen molar-refractivity contribution in [3.63, 3.8) is 0 Å². The van der Waals surface area contributed by atoms with Crippen LogP contribution in [0.25, 0.3) is 0 Å². The molecule has 0 radical (unpaired) electrons. The second-order valence-electron chi connectivity index (χ2n) is 4.42. The Balaban J connectivity index is 2.26. The van der Waals surface area contributed by atoms with E-state index in [9.17, 15) is 8.42 Å². The van der Waals surface area contributed by atoms with Crippen molar-refractivity contribution in [1.29, 1.82) is 5.26 Å². The van der Waals surface area contributed by atoms with Gasteiger partial charge in [-0.1, -0.05) is 31.2 Å². The predicted octanol–water partition coefficient (Wildman–Crippen LogP) is 1.68. The van der Waals surface area contributed by atoms with Crippen LogP contribution in [0.4, 0.5) is 0 Å². The van der Waals surface area contributed by atoms with Gasteiger partial charge in [-0.3, -0.25) is 0 Å². The highest BCUT2D eigenvalue weighted by molar-refractivity contribution is 7.89. The van der Waals surface area contributed by atoms with Gasteiger partial charge in [0, 0.05) is 13.1 Å². The lowest BCUT2D eigenvalue weighted by Crippen LogP contribution is -2.41. The van der Waals surface area contributed by atoms with Crippen molar-refractivity contribution in [2.45, 2.75) is 31.6 Å². The first-order chi connectivity index (χ1) is 8.59. The lowest BCUT2D eigenvalue weighted by atomic mass is 10.0. The zero-order chi connectivity index (χ0) is 13.2. The minimum absolute atomic E-state index is 0.330. The molecule has 1 heterocycles. The van der Waals surface area contributed by atoms with E-state index < -0.39 is 15.3 Å². The molecule has 96 valence electrons. The topological polar surface area (TPSA) is 61.2 Å². The van der Waals surface area contributed by atoms with E-state index in [0.717, 1.165) is 12.0 Å². The SMILES string of the molecule is CCC(C#N)S(=O)(=O)N1CCc2ccccc2C1. The molecule has 1 atom stereocenters. The van der Waals surface area contributed by atoms with Crippen molar-refractivity contribution in [2.24, 2.45) is 0 Å². The van der Waals surface area contributed by atoms with Crippen LogP contribution in [0.2, 0.25) is 0 Å². The maximum absolute atomic E-state index is 12.3. The maximum Gasteiger partial charge on any atom is 0.230 e. The average molecular weight is 264 g/mol. The molecule has 5 heteroatoms. The molecule has 0 aliphatic carbocycles. The van der Waals surface area contributed by atoms with Gasteiger partial charge in [0.1, 0.15) is 0 Å². The Morgan fingerprint density at radius 3 is 2.67 bits per heavy atom. The van der Waals surface area contributed by atoms with Crippen molar-refractivity contribution < 1.29 is 8.42 Å². The Labute approximate surface area is 108 Å². The first-order valence-corrected chi connectivity index (χ1v) is 7.55. The molecule has 0 saturated heterocycles. The van der Waals surface area contributed by atoms with Gasteiger partial charge in [0.25, 0.3) is 0 Å². The van der Waals surface area contributed by atoms with E-state index in [1.807, 2.05) is 30.3 Å². The zero-order valence-corrected chi connectivity index (χ0v) is 11.2. The molecule has 0 spiro atoms. The van der Waals surface area contributed by atoms with Crippen molar-refractivity contribution in [2.75, 3.05) is 6.54 Å². The van der Waals surface area contributed by atoms with Crippen LogP contribution < -0.4 is 0 Å². The minimum Gasteiger partial charge on any atom is -0.211 e. The molecule has 1 unspecified atom stereocenters. The number of sulfonamides is 1. The van der Waals surface area contributed by atoms with E-state index >= 15 is 0 Å². The van der Waals surface area contributed by atoms with Crippen molar-refractivity contribution in [1.82, 2.24) is 4.31 Å². The quantitative estimate of drug-likeness (QED) is 0.834. The minimum atomic E-state index is -3.49. The predicted molar refractivity (Wildman–Crippen MR) is 69.2 cm³/mol. The van der Waals surface area contributed by atoms with E-state index in [4.69, 9.17) is 5.26 Å². The average Bonchev–Trinajstić information content (AvgIpc) is 2.39. The van der Waals surface area contributed by atoms with Gasteiger partial charge in [-0.05, 0) is 24.0 Å². The summed E-state index contributed by atoms with van der Waals surface area (Å²) in [5, 5.41) is 8.00. The van der Waals surface area contributed by atoms with Crippen LogP contribution in [0.15, 0.2) is 24.3 Å². The summed E-state index contributed by atoms with van der Waals surface area (Å²) in [5.74, 6) is 0. The molecule has 2 rings (SSSR count). The lowest BCUT2D eigenvalue weighted by Gasteiger charge is -2.29. The molecular formula is C13H16N2O2S. The zero-order valence-electron chi connectivity index (χ0n) is 10.3. The molecule has 1 aliphatic rings. The molecule has 1 aromatic rings. The van der Waals surface area contributed by atoms with E-state index in [1.54, 1.807) is 6.92 Å². The molecular weight excluding hydrogens is 248 g/mol. The molecule has 4 nitrogen and oxygen atoms in total. The molecule has 0 saturated carbocycles. The molecule has 0 aromatic heterocycles. The fraction of sp³-hybridized carbons (Fsp3) is 0.462. The van der Waals surface area contributed by atoms with Crippen LogP contribution in [-0.4, -0.2) is 24.5 Å². The number of nitriles is 1. The molecule has 18 heavy (non-hydrogen) atoms. The van der Waals surface area contributed by atoms with Gasteiger partial charge >= 0.3 is 0 Å². The second kappa shape index (κ2) is 5.09. The van der Waals surface area contributed by atoms with Crippen LogP contribution in [0.1, 0.15) is 24.5 Å². The van der Waals surface area contributed by atoms with Gasteiger partial charge in [-0.2, -0.15) is 9.57 Å². The lowest BCUT2D eigenvalue weighted by molar-refractivity contribution is 0.387. The number of benzene rings is 1. The standard InChI is InChI=1S/C13H16N2O2S/c1-2-13(9-14)18(16,17)15-8-7-11-5-3-4-6-12(11)10-15/h3-6,13H,2,7-8,10H2,1H3. The van der Waals surface area contributed by atoms with Crippen molar-refractivity contribution in [3.8, 4) is 6.07 Å². The molecule has 0 bridgehead atoms. The van der Waals surface area contributed by atoms with E-state index in [-0.39, 0.29) is 0 Å². The van der Waals surface area contributed by atoms with Gasteiger partial charge in [0.2, 0.25) is 10.0 Å². The Hall–Kier alpha value is -1.38. The summed E-state index contributed by atoms with van der Waals surface area (Å²) in [6.45, 7) is 2.58. The van der Waals surface area contributed by atoms with Crippen molar-refractivity contribution >= 4 is 10.0 Å². The third-order valence-corrected chi connectivity index (χ3v) is 5.52. The summed E-state index contributed by atoms with van der Waals surface area (Å²) >= 11 is 0. The van der Waals surface area contributed by atoms with Crippen LogP contribution in [0, 0.1) is 11.3 Å². The van der Waals surface area contributed by atoms with Gasteiger partial charge in [0.15, 0.2) is 5.25 Å². The third kappa shape index (κ3) is 2.26. The molecule has 1 aromatic carbocycles. The third-order valence-electron chi connectivity index (χ3n) is 3.33. The summed E-state index contributed by atoms with van der Waals surface area (Å²) in [4.78, 5) is 0. The molecule has 1 aliphatic heterocycles. The first-order valence-electron chi connectivity index (χ1n) is 6.05. The van der Waals surface area contributed by atoms with E-state index in [0.29, 0.717) is 19.5 Å². The largest absolute Gasteiger partial charge is 0.230 e. The highest BCUT2D eigenvalue weighted by Gasteiger charge is 2.32. The first kappa shape index (κ1) is 13.1. The van der Waals surface area contributed by atoms with Gasteiger partial charge in [-0.15, -0.1) is 0 Å². The molecule has 0 N–H and O–H groups in total. The van der Waals surface area contributed by atoms with Crippen molar-refractivity contribution in [3.05, 3.63) is 35.4 Å². The normalized spacial score (nSPS) is 17.8. The number of hydrogen-bond donors (Lipinski definition) is 0. The summed E-state index contributed by atoms with van der Waals surface area (Å²) in [6, 6.07) is 9.74. The Morgan fingerprint density at radius 2 is 2.06 bits per heavy atom. The highest BCUT2D eigenvalue weighted by atomic mass is 32.2. The van der Waals surface area contributed by atoms with E-state index in [1.165, 1.54) is 9.87 Å². The smallest absolute Gasteiger partial charge is 0.211 e. The maximum atomic E-state index is 12.3. The Kier molecular flexibility index (Phi) is 3.69. The Morgan fingerprint density at radius 1 is 1.39 bits per heavy atom. The summed E-state index contributed by atoms with van der Waals surface area (Å²) in [5.41, 5.74) is 2.24. The number of fused-ring (bicyclic) bond motifs is 1. The summed E-state index contributed by atoms with van der Waals surface area (Å²) in [7, 11) is -3.49. The Bertz CT molecular complexity index is 575. The summed E-state index contributed by atoms with van der Waals surface area (Å²) in [6.07, 6.45) is 1.05. The van der Waals surface area contributed by atoms with E-state index in [2.05, 4.69) is 0 Å². The molecule has 0 fully saturated rings. The second-order valence-corrected chi connectivity index (χ2v) is 6.54. The molecule has 0 amide bonds. The van der Waals surface area contributed by atoms with Crippen LogP contribution >= 0.6 is 0 Å². The summed E-state index contributed by atoms with van der Waals surface area (Å²) < 4.78 is 26.0.